The van der Waals surface area contributed by atoms with Crippen LogP contribution in [0, 0.1) is 0 Å². The van der Waals surface area contributed by atoms with Crippen LogP contribution in [0.2, 0.25) is 0 Å². The fraction of sp³-hybridized carbons (Fsp3) is 0.263. The molecule has 1 aromatic heterocycles. The highest BCUT2D eigenvalue weighted by Crippen LogP contribution is 2.31. The lowest BCUT2D eigenvalue weighted by molar-refractivity contribution is 0.394. The lowest BCUT2D eigenvalue weighted by Crippen LogP contribution is -2.00. The first kappa shape index (κ1) is 17.4. The van der Waals surface area contributed by atoms with Gasteiger partial charge in [0.1, 0.15) is 11.5 Å². The second-order valence-corrected chi connectivity index (χ2v) is 6.37. The van der Waals surface area contributed by atoms with E-state index in [-0.39, 0.29) is 0 Å². The van der Waals surface area contributed by atoms with Gasteiger partial charge in [0.15, 0.2) is 11.0 Å². The Morgan fingerprint density at radius 2 is 1.64 bits per heavy atom. The molecule has 0 saturated heterocycles. The van der Waals surface area contributed by atoms with Crippen molar-refractivity contribution >= 4 is 11.8 Å². The third-order valence-electron chi connectivity index (χ3n) is 3.85. The smallest absolute Gasteiger partial charge is 0.191 e. The summed E-state index contributed by atoms with van der Waals surface area (Å²) >= 11 is 1.69. The molecule has 2 aromatic carbocycles. The van der Waals surface area contributed by atoms with Crippen LogP contribution in [-0.4, -0.2) is 29.0 Å². The summed E-state index contributed by atoms with van der Waals surface area (Å²) in [6, 6.07) is 16.1. The van der Waals surface area contributed by atoms with Crippen LogP contribution in [0.5, 0.6) is 11.5 Å². The van der Waals surface area contributed by atoms with Gasteiger partial charge < -0.3 is 14.0 Å². The van der Waals surface area contributed by atoms with E-state index in [2.05, 4.69) is 33.8 Å². The van der Waals surface area contributed by atoms with Crippen LogP contribution in [0.15, 0.2) is 53.7 Å². The molecule has 3 rings (SSSR count). The Balaban J connectivity index is 1.89. The molecule has 1 heterocycles. The molecule has 0 saturated carbocycles. The lowest BCUT2D eigenvalue weighted by Gasteiger charge is -2.10. The molecule has 0 atom stereocenters. The second-order valence-electron chi connectivity index (χ2n) is 5.43. The van der Waals surface area contributed by atoms with Crippen LogP contribution in [0.3, 0.4) is 0 Å². The van der Waals surface area contributed by atoms with E-state index in [1.165, 1.54) is 5.56 Å². The standard InChI is InChI=1S/C19H21N3O2S/c1-4-22-18(15-10-16(23-2)12-17(11-15)24-3)20-21-19(22)25-13-14-8-6-5-7-9-14/h5-12H,4,13H2,1-3H3. The quantitative estimate of drug-likeness (QED) is 0.592. The Hall–Kier alpha value is -2.47. The number of thioether (sulfide) groups is 1. The molecular formula is C19H21N3O2S. The third kappa shape index (κ3) is 3.96. The Bertz CT molecular complexity index is 812. The minimum atomic E-state index is 0.735. The van der Waals surface area contributed by atoms with Crippen LogP contribution in [0.25, 0.3) is 11.4 Å². The molecule has 3 aromatic rings. The van der Waals surface area contributed by atoms with E-state index < -0.39 is 0 Å². The van der Waals surface area contributed by atoms with Gasteiger partial charge in [0.05, 0.1) is 14.2 Å². The first-order valence-electron chi connectivity index (χ1n) is 8.08. The van der Waals surface area contributed by atoms with Crippen molar-refractivity contribution in [3.8, 4) is 22.9 Å². The topological polar surface area (TPSA) is 49.2 Å². The minimum absolute atomic E-state index is 0.735. The number of ether oxygens (including phenoxy) is 2. The average Bonchev–Trinajstić information content (AvgIpc) is 3.09. The number of methoxy groups -OCH3 is 2. The summed E-state index contributed by atoms with van der Waals surface area (Å²) in [5, 5.41) is 9.69. The van der Waals surface area contributed by atoms with Crippen LogP contribution in [-0.2, 0) is 12.3 Å². The zero-order chi connectivity index (χ0) is 17.6. The summed E-state index contributed by atoms with van der Waals surface area (Å²) in [6.45, 7) is 2.88. The number of nitrogens with zero attached hydrogens (tertiary/aromatic N) is 3. The summed E-state index contributed by atoms with van der Waals surface area (Å²) in [5.74, 6) is 3.15. The maximum Gasteiger partial charge on any atom is 0.191 e. The first-order valence-corrected chi connectivity index (χ1v) is 9.07. The number of rotatable bonds is 7. The minimum Gasteiger partial charge on any atom is -0.497 e. The number of aromatic nitrogens is 3. The maximum absolute atomic E-state index is 5.36. The van der Waals surface area contributed by atoms with Gasteiger partial charge in [-0.3, -0.25) is 0 Å². The van der Waals surface area contributed by atoms with Crippen molar-refractivity contribution in [3.63, 3.8) is 0 Å². The zero-order valence-corrected chi connectivity index (χ0v) is 15.4. The monoisotopic (exact) mass is 355 g/mol. The summed E-state index contributed by atoms with van der Waals surface area (Å²) < 4.78 is 12.8. The van der Waals surface area contributed by atoms with Crippen molar-refractivity contribution in [2.75, 3.05) is 14.2 Å². The molecule has 0 amide bonds. The van der Waals surface area contributed by atoms with Gasteiger partial charge in [-0.25, -0.2) is 0 Å². The highest BCUT2D eigenvalue weighted by Gasteiger charge is 2.15. The Kier molecular flexibility index (Phi) is 5.60. The highest BCUT2D eigenvalue weighted by molar-refractivity contribution is 7.98. The van der Waals surface area contributed by atoms with Gasteiger partial charge in [0, 0.05) is 23.9 Å². The molecular weight excluding hydrogens is 334 g/mol. The van der Waals surface area contributed by atoms with Crippen molar-refractivity contribution in [3.05, 3.63) is 54.1 Å². The van der Waals surface area contributed by atoms with Gasteiger partial charge in [0.2, 0.25) is 0 Å². The predicted molar refractivity (Wildman–Crippen MR) is 100 cm³/mol. The molecule has 0 aliphatic rings. The van der Waals surface area contributed by atoms with Gasteiger partial charge >= 0.3 is 0 Å². The lowest BCUT2D eigenvalue weighted by atomic mass is 10.2. The van der Waals surface area contributed by atoms with Gasteiger partial charge in [-0.1, -0.05) is 42.1 Å². The van der Waals surface area contributed by atoms with Crippen LogP contribution in [0.4, 0.5) is 0 Å². The van der Waals surface area contributed by atoms with Crippen LogP contribution >= 0.6 is 11.8 Å². The van der Waals surface area contributed by atoms with Crippen molar-refractivity contribution in [1.29, 1.82) is 0 Å². The average molecular weight is 355 g/mol. The summed E-state index contributed by atoms with van der Waals surface area (Å²) in [6.07, 6.45) is 0. The Morgan fingerprint density at radius 3 is 2.24 bits per heavy atom. The highest BCUT2D eigenvalue weighted by atomic mass is 32.2. The molecule has 0 bridgehead atoms. The molecule has 0 radical (unpaired) electrons. The molecule has 0 aliphatic heterocycles. The number of benzene rings is 2. The van der Waals surface area contributed by atoms with E-state index in [0.717, 1.165) is 40.3 Å². The number of hydrogen-bond acceptors (Lipinski definition) is 5. The van der Waals surface area contributed by atoms with E-state index in [4.69, 9.17) is 9.47 Å². The van der Waals surface area contributed by atoms with Gasteiger partial charge in [0.25, 0.3) is 0 Å². The predicted octanol–water partition coefficient (Wildman–Crippen LogP) is 4.27. The molecule has 25 heavy (non-hydrogen) atoms. The van der Waals surface area contributed by atoms with Crippen molar-refractivity contribution < 1.29 is 9.47 Å². The van der Waals surface area contributed by atoms with Gasteiger partial charge in [-0.05, 0) is 24.6 Å². The van der Waals surface area contributed by atoms with E-state index in [1.54, 1.807) is 26.0 Å². The van der Waals surface area contributed by atoms with Crippen molar-refractivity contribution in [2.24, 2.45) is 0 Å². The molecule has 0 spiro atoms. The molecule has 130 valence electrons. The third-order valence-corrected chi connectivity index (χ3v) is 4.89. The molecule has 0 N–H and O–H groups in total. The fourth-order valence-corrected chi connectivity index (χ4v) is 3.51. The van der Waals surface area contributed by atoms with E-state index in [9.17, 15) is 0 Å². The fourth-order valence-electron chi connectivity index (χ4n) is 2.55. The largest absolute Gasteiger partial charge is 0.497 e. The summed E-state index contributed by atoms with van der Waals surface area (Å²) in [7, 11) is 3.29. The summed E-state index contributed by atoms with van der Waals surface area (Å²) in [4.78, 5) is 0. The molecule has 6 heteroatoms. The zero-order valence-electron chi connectivity index (χ0n) is 14.6. The Morgan fingerprint density at radius 1 is 0.960 bits per heavy atom. The van der Waals surface area contributed by atoms with Crippen molar-refractivity contribution in [1.82, 2.24) is 14.8 Å². The van der Waals surface area contributed by atoms with Crippen LogP contribution < -0.4 is 9.47 Å². The van der Waals surface area contributed by atoms with Crippen LogP contribution in [0.1, 0.15) is 12.5 Å². The molecule has 5 nitrogen and oxygen atoms in total. The number of hydrogen-bond donors (Lipinski definition) is 0. The SMILES string of the molecule is CCn1c(SCc2ccccc2)nnc1-c1cc(OC)cc(OC)c1. The molecule has 0 fully saturated rings. The Labute approximate surface area is 152 Å². The van der Waals surface area contributed by atoms with E-state index in [1.807, 2.05) is 36.4 Å². The molecule has 0 unspecified atom stereocenters. The van der Waals surface area contributed by atoms with Gasteiger partial charge in [-0.2, -0.15) is 0 Å². The normalized spacial score (nSPS) is 10.7. The first-order chi connectivity index (χ1) is 12.2. The van der Waals surface area contributed by atoms with Crippen molar-refractivity contribution in [2.45, 2.75) is 24.4 Å². The van der Waals surface area contributed by atoms with Gasteiger partial charge in [-0.15, -0.1) is 10.2 Å². The van der Waals surface area contributed by atoms with E-state index in [0.29, 0.717) is 0 Å². The second kappa shape index (κ2) is 8.07. The summed E-state index contributed by atoms with van der Waals surface area (Å²) in [5.41, 5.74) is 2.19. The maximum atomic E-state index is 5.36. The van der Waals surface area contributed by atoms with E-state index >= 15 is 0 Å². The molecule has 0 aliphatic carbocycles.